The predicted octanol–water partition coefficient (Wildman–Crippen LogP) is 5.10. The number of piperidine rings is 1. The molecule has 1 aliphatic rings. The fourth-order valence-electron chi connectivity index (χ4n) is 4.53. The molecule has 31 heavy (non-hydrogen) atoms. The largest absolute Gasteiger partial charge is 0.301 e. The number of benzene rings is 2. The Bertz CT molecular complexity index is 1160. The number of hydrogen-bond donors (Lipinski definition) is 0. The van der Waals surface area contributed by atoms with Crippen LogP contribution in [0.25, 0.3) is 22.0 Å². The normalized spacial score (nSPS) is 17.5. The van der Waals surface area contributed by atoms with Crippen LogP contribution in [0.1, 0.15) is 38.1 Å². The third-order valence-corrected chi connectivity index (χ3v) is 6.37. The van der Waals surface area contributed by atoms with Crippen molar-refractivity contribution in [3.63, 3.8) is 0 Å². The van der Waals surface area contributed by atoms with E-state index in [-0.39, 0.29) is 17.2 Å². The number of hydrogen-bond acceptors (Lipinski definition) is 3. The Kier molecular flexibility index (Phi) is 6.19. The van der Waals surface area contributed by atoms with Crippen molar-refractivity contribution < 1.29 is 8.78 Å². The van der Waals surface area contributed by atoms with Gasteiger partial charge in [0, 0.05) is 19.1 Å². The molecule has 0 aliphatic carbocycles. The summed E-state index contributed by atoms with van der Waals surface area (Å²) in [5.74, 6) is 0.218. The maximum absolute atomic E-state index is 13.8. The van der Waals surface area contributed by atoms with Crippen molar-refractivity contribution >= 4 is 10.9 Å². The number of likely N-dealkylation sites (tertiary alicyclic amines) is 1. The zero-order valence-corrected chi connectivity index (χ0v) is 18.4. The van der Waals surface area contributed by atoms with E-state index in [9.17, 15) is 13.6 Å². The lowest BCUT2D eigenvalue weighted by molar-refractivity contribution is 0.129. The molecule has 0 unspecified atom stereocenters. The summed E-state index contributed by atoms with van der Waals surface area (Å²) >= 11 is 0. The van der Waals surface area contributed by atoms with Crippen LogP contribution in [0.4, 0.5) is 8.78 Å². The minimum atomic E-state index is -0.773. The first-order chi connectivity index (χ1) is 14.9. The molecule has 164 valence electrons. The lowest BCUT2D eigenvalue weighted by Gasteiger charge is -2.35. The molecule has 1 aromatic heterocycles. The number of aryl methyl sites for hydroxylation is 1. The van der Waals surface area contributed by atoms with Crippen LogP contribution in [0.15, 0.2) is 41.2 Å². The minimum absolute atomic E-state index is 0.185. The molecule has 2 heterocycles. The molecule has 0 saturated carbocycles. The molecule has 4 nitrogen and oxygen atoms in total. The Hall–Kier alpha value is -2.60. The van der Waals surface area contributed by atoms with Gasteiger partial charge in [-0.05, 0) is 87.0 Å². The Labute approximate surface area is 181 Å². The number of fused-ring (bicyclic) bond motifs is 1. The van der Waals surface area contributed by atoms with Crippen molar-refractivity contribution in [1.29, 1.82) is 0 Å². The first-order valence-corrected chi connectivity index (χ1v) is 11.0. The highest BCUT2D eigenvalue weighted by Crippen LogP contribution is 2.25. The van der Waals surface area contributed by atoms with Crippen molar-refractivity contribution in [3.8, 4) is 11.1 Å². The van der Waals surface area contributed by atoms with Crippen LogP contribution in [0.5, 0.6) is 0 Å². The summed E-state index contributed by atoms with van der Waals surface area (Å²) in [4.78, 5) is 20.3. The molecular formula is C25H29F2N3O. The van der Waals surface area contributed by atoms with Gasteiger partial charge in [0.2, 0.25) is 0 Å². The Morgan fingerprint density at radius 1 is 1.16 bits per heavy atom. The van der Waals surface area contributed by atoms with E-state index in [2.05, 4.69) is 23.7 Å². The Balaban J connectivity index is 1.73. The van der Waals surface area contributed by atoms with E-state index in [0.29, 0.717) is 35.0 Å². The van der Waals surface area contributed by atoms with Crippen LogP contribution in [0.2, 0.25) is 0 Å². The van der Waals surface area contributed by atoms with Gasteiger partial charge in [0.15, 0.2) is 0 Å². The Morgan fingerprint density at radius 3 is 2.61 bits per heavy atom. The van der Waals surface area contributed by atoms with Gasteiger partial charge in [-0.2, -0.15) is 0 Å². The lowest BCUT2D eigenvalue weighted by atomic mass is 9.96. The summed E-state index contributed by atoms with van der Waals surface area (Å²) in [6.45, 7) is 7.75. The van der Waals surface area contributed by atoms with Crippen LogP contribution >= 0.6 is 0 Å². The number of halogens is 2. The SMILES string of the molecule is Cc1cc(-c2ccc3nc(CF)n(C[C@H]4CCCN(C(C)C)C4)c(=O)c3c2)ccc1F. The van der Waals surface area contributed by atoms with E-state index in [4.69, 9.17) is 0 Å². The van der Waals surface area contributed by atoms with Crippen molar-refractivity contribution in [3.05, 3.63) is 64.0 Å². The standard InChI is InChI=1S/C25H29F2N3O/c1-16(2)29-10-4-5-18(14-29)15-30-24(13-26)28-23-9-7-20(12-21(23)25(30)31)19-6-8-22(27)17(3)11-19/h6-9,11-12,16,18H,4-5,10,13-15H2,1-3H3/t18-/m0/s1. The first kappa shape index (κ1) is 21.6. The molecule has 6 heteroatoms. The first-order valence-electron chi connectivity index (χ1n) is 11.0. The van der Waals surface area contributed by atoms with Gasteiger partial charge < -0.3 is 4.90 Å². The molecule has 0 radical (unpaired) electrons. The van der Waals surface area contributed by atoms with Gasteiger partial charge in [0.05, 0.1) is 10.9 Å². The highest BCUT2D eigenvalue weighted by Gasteiger charge is 2.24. The van der Waals surface area contributed by atoms with Crippen molar-refractivity contribution in [2.45, 2.75) is 52.9 Å². The molecule has 0 amide bonds. The Morgan fingerprint density at radius 2 is 1.90 bits per heavy atom. The molecule has 3 aromatic rings. The van der Waals surface area contributed by atoms with E-state index in [1.165, 1.54) is 10.6 Å². The van der Waals surface area contributed by atoms with Crippen LogP contribution in [-0.4, -0.2) is 33.6 Å². The number of aromatic nitrogens is 2. The summed E-state index contributed by atoms with van der Waals surface area (Å²) < 4.78 is 29.0. The highest BCUT2D eigenvalue weighted by atomic mass is 19.1. The zero-order valence-electron chi connectivity index (χ0n) is 18.4. The molecule has 0 spiro atoms. The molecule has 4 rings (SSSR count). The molecule has 0 bridgehead atoms. The fourth-order valence-corrected chi connectivity index (χ4v) is 4.53. The van der Waals surface area contributed by atoms with Gasteiger partial charge in [-0.1, -0.05) is 12.1 Å². The molecule has 1 atom stereocenters. The van der Waals surface area contributed by atoms with Crippen molar-refractivity contribution in [2.24, 2.45) is 5.92 Å². The molecule has 1 fully saturated rings. The van der Waals surface area contributed by atoms with Crippen LogP contribution in [0, 0.1) is 18.7 Å². The quantitative estimate of drug-likeness (QED) is 0.571. The predicted molar refractivity (Wildman–Crippen MR) is 120 cm³/mol. The summed E-state index contributed by atoms with van der Waals surface area (Å²) in [6.07, 6.45) is 2.10. The number of alkyl halides is 1. The number of nitrogens with zero attached hydrogens (tertiary/aromatic N) is 3. The molecule has 1 saturated heterocycles. The van der Waals surface area contributed by atoms with Gasteiger partial charge in [0.25, 0.3) is 5.56 Å². The average Bonchev–Trinajstić information content (AvgIpc) is 2.77. The van der Waals surface area contributed by atoms with E-state index in [0.717, 1.165) is 37.1 Å². The monoisotopic (exact) mass is 425 g/mol. The van der Waals surface area contributed by atoms with Gasteiger partial charge in [-0.15, -0.1) is 0 Å². The van der Waals surface area contributed by atoms with Gasteiger partial charge >= 0.3 is 0 Å². The molecular weight excluding hydrogens is 396 g/mol. The minimum Gasteiger partial charge on any atom is -0.301 e. The van der Waals surface area contributed by atoms with Gasteiger partial charge in [-0.3, -0.25) is 9.36 Å². The van der Waals surface area contributed by atoms with Crippen LogP contribution in [-0.2, 0) is 13.2 Å². The van der Waals surface area contributed by atoms with Crippen LogP contribution < -0.4 is 5.56 Å². The summed E-state index contributed by atoms with van der Waals surface area (Å²) in [5.41, 5.74) is 2.48. The third-order valence-electron chi connectivity index (χ3n) is 6.37. The summed E-state index contributed by atoms with van der Waals surface area (Å²) in [7, 11) is 0. The number of rotatable bonds is 5. The second-order valence-electron chi connectivity index (χ2n) is 8.87. The van der Waals surface area contributed by atoms with E-state index in [1.807, 2.05) is 6.07 Å². The lowest BCUT2D eigenvalue weighted by Crippen LogP contribution is -2.42. The smallest absolute Gasteiger partial charge is 0.261 e. The third kappa shape index (κ3) is 4.40. The van der Waals surface area contributed by atoms with Crippen molar-refractivity contribution in [1.82, 2.24) is 14.5 Å². The van der Waals surface area contributed by atoms with Crippen LogP contribution in [0.3, 0.4) is 0 Å². The fraction of sp³-hybridized carbons (Fsp3) is 0.440. The van der Waals surface area contributed by atoms with E-state index in [1.54, 1.807) is 31.2 Å². The molecule has 1 aliphatic heterocycles. The van der Waals surface area contributed by atoms with Gasteiger partial charge in [-0.25, -0.2) is 13.8 Å². The maximum atomic E-state index is 13.8. The second-order valence-corrected chi connectivity index (χ2v) is 8.87. The second kappa shape index (κ2) is 8.87. The van der Waals surface area contributed by atoms with Gasteiger partial charge in [0.1, 0.15) is 18.3 Å². The zero-order chi connectivity index (χ0) is 22.1. The summed E-state index contributed by atoms with van der Waals surface area (Å²) in [6, 6.07) is 10.7. The highest BCUT2D eigenvalue weighted by molar-refractivity contribution is 5.84. The van der Waals surface area contributed by atoms with E-state index >= 15 is 0 Å². The average molecular weight is 426 g/mol. The summed E-state index contributed by atoms with van der Waals surface area (Å²) in [5, 5.41) is 0.466. The maximum Gasteiger partial charge on any atom is 0.261 e. The molecule has 2 aromatic carbocycles. The van der Waals surface area contributed by atoms with E-state index < -0.39 is 6.67 Å². The van der Waals surface area contributed by atoms with Crippen molar-refractivity contribution in [2.75, 3.05) is 13.1 Å². The molecule has 0 N–H and O–H groups in total. The topological polar surface area (TPSA) is 38.1 Å².